The standard InChI is InChI=1S/C15H15N3O6S/c16-12-2-1-3-14(8-12)25(23,24)17(10-15(19)20)9-11-4-6-13(7-5-11)18(21)22/h1-8H,9-10,16H2,(H,19,20). The molecule has 2 aromatic rings. The summed E-state index contributed by atoms with van der Waals surface area (Å²) in [5.41, 5.74) is 6.09. The molecule has 0 amide bonds. The van der Waals surface area contributed by atoms with Crippen LogP contribution in [0.1, 0.15) is 5.56 Å². The lowest BCUT2D eigenvalue weighted by atomic mass is 10.2. The molecule has 3 N–H and O–H groups in total. The lowest BCUT2D eigenvalue weighted by Gasteiger charge is -2.20. The van der Waals surface area contributed by atoms with E-state index in [9.17, 15) is 23.3 Å². The molecule has 0 saturated carbocycles. The molecule has 0 aliphatic heterocycles. The molecule has 0 spiro atoms. The number of hydrogen-bond donors (Lipinski definition) is 2. The van der Waals surface area contributed by atoms with E-state index in [2.05, 4.69) is 0 Å². The van der Waals surface area contributed by atoms with Crippen molar-refractivity contribution in [1.29, 1.82) is 0 Å². The minimum atomic E-state index is -4.10. The predicted molar refractivity (Wildman–Crippen MR) is 89.2 cm³/mol. The molecule has 10 heteroatoms. The van der Waals surface area contributed by atoms with Crippen LogP contribution in [-0.2, 0) is 21.4 Å². The maximum Gasteiger partial charge on any atom is 0.318 e. The summed E-state index contributed by atoms with van der Waals surface area (Å²) in [6, 6.07) is 10.7. The number of nitrogens with two attached hydrogens (primary N) is 1. The van der Waals surface area contributed by atoms with Gasteiger partial charge in [0.2, 0.25) is 10.0 Å². The fourth-order valence-electron chi connectivity index (χ4n) is 2.13. The van der Waals surface area contributed by atoms with Crippen molar-refractivity contribution in [3.8, 4) is 0 Å². The molecule has 2 rings (SSSR count). The molecule has 0 aliphatic carbocycles. The number of carboxylic acids is 1. The number of nitrogens with zero attached hydrogens (tertiary/aromatic N) is 2. The van der Waals surface area contributed by atoms with Gasteiger partial charge in [-0.1, -0.05) is 18.2 Å². The van der Waals surface area contributed by atoms with Crippen LogP contribution in [0.5, 0.6) is 0 Å². The molecule has 0 fully saturated rings. The van der Waals surface area contributed by atoms with Crippen molar-refractivity contribution < 1.29 is 23.2 Å². The third-order valence-electron chi connectivity index (χ3n) is 3.31. The first-order chi connectivity index (χ1) is 11.7. The Balaban J connectivity index is 2.35. The first-order valence-electron chi connectivity index (χ1n) is 7.01. The van der Waals surface area contributed by atoms with Crippen molar-refractivity contribution >= 4 is 27.4 Å². The van der Waals surface area contributed by atoms with E-state index in [1.54, 1.807) is 0 Å². The smallest absolute Gasteiger partial charge is 0.318 e. The second-order valence-corrected chi connectivity index (χ2v) is 7.10. The average molecular weight is 365 g/mol. The minimum absolute atomic E-state index is 0.129. The van der Waals surface area contributed by atoms with Gasteiger partial charge in [0.1, 0.15) is 6.54 Å². The highest BCUT2D eigenvalue weighted by Crippen LogP contribution is 2.21. The number of carbonyl (C=O) groups is 1. The molecule has 132 valence electrons. The Labute approximate surface area is 143 Å². The van der Waals surface area contributed by atoms with E-state index in [1.807, 2.05) is 0 Å². The van der Waals surface area contributed by atoms with E-state index in [4.69, 9.17) is 10.8 Å². The van der Waals surface area contributed by atoms with E-state index >= 15 is 0 Å². The maximum atomic E-state index is 12.7. The number of nitro groups is 1. The third-order valence-corrected chi connectivity index (χ3v) is 5.10. The fraction of sp³-hybridized carbons (Fsp3) is 0.133. The zero-order valence-electron chi connectivity index (χ0n) is 12.9. The molecular formula is C15H15N3O6S. The summed E-state index contributed by atoms with van der Waals surface area (Å²) in [6.45, 7) is -1.00. The molecule has 25 heavy (non-hydrogen) atoms. The van der Waals surface area contributed by atoms with Crippen LogP contribution in [0.3, 0.4) is 0 Å². The van der Waals surface area contributed by atoms with Crippen molar-refractivity contribution in [1.82, 2.24) is 4.31 Å². The normalized spacial score (nSPS) is 11.4. The van der Waals surface area contributed by atoms with Crippen molar-refractivity contribution in [3.63, 3.8) is 0 Å². The first kappa shape index (κ1) is 18.4. The number of anilines is 1. The topological polar surface area (TPSA) is 144 Å². The van der Waals surface area contributed by atoms with Gasteiger partial charge in [0.25, 0.3) is 5.69 Å². The Bertz CT molecular complexity index is 896. The molecule has 0 atom stereocenters. The second kappa shape index (κ2) is 7.28. The molecule has 0 saturated heterocycles. The van der Waals surface area contributed by atoms with Crippen LogP contribution in [0.25, 0.3) is 0 Å². The Morgan fingerprint density at radius 2 is 1.84 bits per heavy atom. The monoisotopic (exact) mass is 365 g/mol. The van der Waals surface area contributed by atoms with Gasteiger partial charge in [-0.15, -0.1) is 0 Å². The van der Waals surface area contributed by atoms with Crippen molar-refractivity contribution in [2.45, 2.75) is 11.4 Å². The Morgan fingerprint density at radius 1 is 1.20 bits per heavy atom. The number of aliphatic carboxylic acids is 1. The van der Waals surface area contributed by atoms with Crippen molar-refractivity contribution in [2.24, 2.45) is 0 Å². The van der Waals surface area contributed by atoms with Crippen LogP contribution < -0.4 is 5.73 Å². The molecule has 0 aliphatic rings. The molecule has 9 nitrogen and oxygen atoms in total. The van der Waals surface area contributed by atoms with Gasteiger partial charge in [-0.2, -0.15) is 4.31 Å². The SMILES string of the molecule is Nc1cccc(S(=O)(=O)N(CC(=O)O)Cc2ccc([N+](=O)[O-])cc2)c1. The lowest BCUT2D eigenvalue weighted by Crippen LogP contribution is -2.35. The van der Waals surface area contributed by atoms with E-state index in [0.29, 0.717) is 5.56 Å². The van der Waals surface area contributed by atoms with Gasteiger partial charge in [-0.3, -0.25) is 14.9 Å². The zero-order chi connectivity index (χ0) is 18.6. The number of benzene rings is 2. The molecule has 0 bridgehead atoms. The summed E-state index contributed by atoms with van der Waals surface area (Å²) in [6.07, 6.45) is 0. The van der Waals surface area contributed by atoms with Crippen LogP contribution in [0.15, 0.2) is 53.4 Å². The largest absolute Gasteiger partial charge is 0.480 e. The summed E-state index contributed by atoms with van der Waals surface area (Å²) in [5, 5.41) is 19.7. The molecule has 0 radical (unpaired) electrons. The maximum absolute atomic E-state index is 12.7. The van der Waals surface area contributed by atoms with E-state index < -0.39 is 27.5 Å². The third kappa shape index (κ3) is 4.52. The van der Waals surface area contributed by atoms with E-state index in [1.165, 1.54) is 48.5 Å². The van der Waals surface area contributed by atoms with E-state index in [0.717, 1.165) is 4.31 Å². The molecule has 0 aromatic heterocycles. The van der Waals surface area contributed by atoms with Gasteiger partial charge >= 0.3 is 5.97 Å². The van der Waals surface area contributed by atoms with Gasteiger partial charge in [0.05, 0.1) is 9.82 Å². The predicted octanol–water partition coefficient (Wildman–Crippen LogP) is 1.45. The van der Waals surface area contributed by atoms with Crippen LogP contribution >= 0.6 is 0 Å². The van der Waals surface area contributed by atoms with Crippen LogP contribution in [-0.4, -0.2) is 35.3 Å². The summed E-state index contributed by atoms with van der Waals surface area (Å²) < 4.78 is 26.2. The summed E-state index contributed by atoms with van der Waals surface area (Å²) in [4.78, 5) is 21.0. The zero-order valence-corrected chi connectivity index (χ0v) is 13.7. The van der Waals surface area contributed by atoms with Crippen molar-refractivity contribution in [3.05, 3.63) is 64.2 Å². The van der Waals surface area contributed by atoms with Crippen LogP contribution in [0.4, 0.5) is 11.4 Å². The Morgan fingerprint density at radius 3 is 2.36 bits per heavy atom. The van der Waals surface area contributed by atoms with Crippen LogP contribution in [0.2, 0.25) is 0 Å². The lowest BCUT2D eigenvalue weighted by molar-refractivity contribution is -0.384. The highest BCUT2D eigenvalue weighted by Gasteiger charge is 2.27. The van der Waals surface area contributed by atoms with Gasteiger partial charge in [-0.25, -0.2) is 8.42 Å². The summed E-state index contributed by atoms with van der Waals surface area (Å²) >= 11 is 0. The number of non-ortho nitro benzene ring substituents is 1. The van der Waals surface area contributed by atoms with Gasteiger partial charge in [0.15, 0.2) is 0 Å². The molecule has 0 heterocycles. The van der Waals surface area contributed by atoms with Crippen molar-refractivity contribution in [2.75, 3.05) is 12.3 Å². The van der Waals surface area contributed by atoms with Crippen LogP contribution in [0, 0.1) is 10.1 Å². The summed E-state index contributed by atoms with van der Waals surface area (Å²) in [5.74, 6) is -1.32. The highest BCUT2D eigenvalue weighted by molar-refractivity contribution is 7.89. The number of nitrogen functional groups attached to an aromatic ring is 1. The number of rotatable bonds is 7. The Hall–Kier alpha value is -2.98. The number of nitro benzene ring substituents is 1. The summed E-state index contributed by atoms with van der Waals surface area (Å²) in [7, 11) is -4.10. The number of sulfonamides is 1. The van der Waals surface area contributed by atoms with Gasteiger partial charge in [0, 0.05) is 24.4 Å². The fourth-order valence-corrected chi connectivity index (χ4v) is 3.56. The highest BCUT2D eigenvalue weighted by atomic mass is 32.2. The van der Waals surface area contributed by atoms with Gasteiger partial charge in [-0.05, 0) is 23.8 Å². The number of carboxylic acid groups (broad SMARTS) is 1. The molecule has 0 unspecified atom stereocenters. The average Bonchev–Trinajstić information content (AvgIpc) is 2.54. The second-order valence-electron chi connectivity index (χ2n) is 5.16. The Kier molecular flexibility index (Phi) is 5.35. The quantitative estimate of drug-likeness (QED) is 0.429. The molecule has 2 aromatic carbocycles. The molecular weight excluding hydrogens is 350 g/mol. The van der Waals surface area contributed by atoms with Gasteiger partial charge < -0.3 is 10.8 Å². The van der Waals surface area contributed by atoms with E-state index in [-0.39, 0.29) is 22.8 Å². The number of hydrogen-bond acceptors (Lipinski definition) is 6. The first-order valence-corrected chi connectivity index (χ1v) is 8.45. The minimum Gasteiger partial charge on any atom is -0.480 e.